The number of nitrogens with zero attached hydrogens (tertiary/aromatic N) is 2. The molecule has 0 amide bonds. The van der Waals surface area contributed by atoms with Crippen molar-refractivity contribution in [3.63, 3.8) is 0 Å². The largest absolute Gasteiger partial charge is 0.316 e. The van der Waals surface area contributed by atoms with Crippen molar-refractivity contribution < 1.29 is 0 Å². The Hall–Kier alpha value is -1.61. The van der Waals surface area contributed by atoms with E-state index < -0.39 is 0 Å². The van der Waals surface area contributed by atoms with E-state index in [1.807, 2.05) is 13.2 Å². The molecule has 0 aliphatic heterocycles. The quantitative estimate of drug-likeness (QED) is 0.873. The summed E-state index contributed by atoms with van der Waals surface area (Å²) in [6, 6.07) is 8.62. The van der Waals surface area contributed by atoms with Crippen molar-refractivity contribution in [2.75, 3.05) is 7.05 Å². The number of nitrogens with one attached hydrogen (secondary N) is 1. The summed E-state index contributed by atoms with van der Waals surface area (Å²) in [4.78, 5) is 0. The van der Waals surface area contributed by atoms with E-state index in [1.165, 1.54) is 22.4 Å². The first-order valence-electron chi connectivity index (χ1n) is 6.02. The zero-order valence-electron chi connectivity index (χ0n) is 10.7. The van der Waals surface area contributed by atoms with E-state index in [2.05, 4.69) is 53.2 Å². The molecule has 0 aliphatic carbocycles. The molecule has 0 radical (unpaired) electrons. The van der Waals surface area contributed by atoms with E-state index in [4.69, 9.17) is 0 Å². The van der Waals surface area contributed by atoms with Gasteiger partial charge in [0.2, 0.25) is 0 Å². The monoisotopic (exact) mass is 229 g/mol. The topological polar surface area (TPSA) is 29.9 Å². The fourth-order valence-electron chi connectivity index (χ4n) is 2.03. The van der Waals surface area contributed by atoms with Crippen molar-refractivity contribution in [3.8, 4) is 11.3 Å². The third-order valence-electron chi connectivity index (χ3n) is 2.91. The third kappa shape index (κ3) is 2.39. The Morgan fingerprint density at radius 1 is 1.24 bits per heavy atom. The highest BCUT2D eigenvalue weighted by molar-refractivity contribution is 5.63. The number of rotatable bonds is 4. The lowest BCUT2D eigenvalue weighted by atomic mass is 10.1. The molecule has 0 saturated heterocycles. The van der Waals surface area contributed by atoms with Crippen LogP contribution in [0.5, 0.6) is 0 Å². The number of hydrogen-bond donors (Lipinski definition) is 1. The first kappa shape index (κ1) is 11.9. The zero-order valence-corrected chi connectivity index (χ0v) is 10.7. The Bertz CT molecular complexity index is 483. The summed E-state index contributed by atoms with van der Waals surface area (Å²) in [5, 5.41) is 7.62. The minimum absolute atomic E-state index is 0.850. The standard InChI is InChI=1S/C14H19N3/c1-4-17-14(13(9-15-3)10-16-17)12-7-5-11(2)6-8-12/h5-8,10,15H,4,9H2,1-3H3. The maximum Gasteiger partial charge on any atom is 0.0727 e. The van der Waals surface area contributed by atoms with Crippen LogP contribution in [0.25, 0.3) is 11.3 Å². The first-order chi connectivity index (χ1) is 8.26. The van der Waals surface area contributed by atoms with Gasteiger partial charge in [0.15, 0.2) is 0 Å². The highest BCUT2D eigenvalue weighted by Gasteiger charge is 2.10. The van der Waals surface area contributed by atoms with Crippen LogP contribution in [0.15, 0.2) is 30.5 Å². The second-order valence-electron chi connectivity index (χ2n) is 4.23. The number of hydrogen-bond acceptors (Lipinski definition) is 2. The molecule has 3 nitrogen and oxygen atoms in total. The molecule has 1 aromatic heterocycles. The minimum atomic E-state index is 0.850. The van der Waals surface area contributed by atoms with Gasteiger partial charge in [0, 0.05) is 24.2 Å². The van der Waals surface area contributed by atoms with Gasteiger partial charge in [0.05, 0.1) is 11.9 Å². The molecule has 0 fully saturated rings. The molecule has 0 aliphatic rings. The minimum Gasteiger partial charge on any atom is -0.316 e. The average molecular weight is 229 g/mol. The number of aryl methyl sites for hydroxylation is 2. The summed E-state index contributed by atoms with van der Waals surface area (Å²) in [6.45, 7) is 5.97. The Morgan fingerprint density at radius 2 is 1.94 bits per heavy atom. The summed E-state index contributed by atoms with van der Waals surface area (Å²) in [5.41, 5.74) is 4.99. The predicted molar refractivity (Wildman–Crippen MR) is 70.8 cm³/mol. The maximum absolute atomic E-state index is 4.43. The van der Waals surface area contributed by atoms with Crippen LogP contribution in [0.2, 0.25) is 0 Å². The van der Waals surface area contributed by atoms with E-state index in [9.17, 15) is 0 Å². The van der Waals surface area contributed by atoms with Gasteiger partial charge >= 0.3 is 0 Å². The maximum atomic E-state index is 4.43. The van der Waals surface area contributed by atoms with Crippen LogP contribution < -0.4 is 5.32 Å². The van der Waals surface area contributed by atoms with E-state index in [0.29, 0.717) is 0 Å². The van der Waals surface area contributed by atoms with Crippen molar-refractivity contribution in [1.29, 1.82) is 0 Å². The number of benzene rings is 1. The van der Waals surface area contributed by atoms with Crippen molar-refractivity contribution in [2.45, 2.75) is 26.9 Å². The molecular weight excluding hydrogens is 210 g/mol. The van der Waals surface area contributed by atoms with Gasteiger partial charge in [-0.2, -0.15) is 5.10 Å². The van der Waals surface area contributed by atoms with E-state index in [1.54, 1.807) is 0 Å². The Morgan fingerprint density at radius 3 is 2.53 bits per heavy atom. The van der Waals surface area contributed by atoms with Crippen molar-refractivity contribution in [2.24, 2.45) is 0 Å². The van der Waals surface area contributed by atoms with E-state index in [0.717, 1.165) is 13.1 Å². The molecule has 0 unspecified atom stereocenters. The Balaban J connectivity index is 2.47. The SMILES string of the molecule is CCn1ncc(CNC)c1-c1ccc(C)cc1. The molecule has 2 rings (SSSR count). The van der Waals surface area contributed by atoms with Crippen LogP contribution in [-0.4, -0.2) is 16.8 Å². The predicted octanol–water partition coefficient (Wildman–Crippen LogP) is 2.60. The van der Waals surface area contributed by atoms with Crippen LogP contribution in [0.1, 0.15) is 18.1 Å². The summed E-state index contributed by atoms with van der Waals surface area (Å²) in [6.07, 6.45) is 1.95. The van der Waals surface area contributed by atoms with E-state index >= 15 is 0 Å². The fraction of sp³-hybridized carbons (Fsp3) is 0.357. The van der Waals surface area contributed by atoms with Gasteiger partial charge in [-0.25, -0.2) is 0 Å². The smallest absolute Gasteiger partial charge is 0.0727 e. The molecule has 90 valence electrons. The second-order valence-corrected chi connectivity index (χ2v) is 4.23. The lowest BCUT2D eigenvalue weighted by Crippen LogP contribution is -2.07. The molecular formula is C14H19N3. The molecule has 3 heteroatoms. The van der Waals surface area contributed by atoms with Gasteiger partial charge in [-0.15, -0.1) is 0 Å². The lowest BCUT2D eigenvalue weighted by Gasteiger charge is -2.08. The van der Waals surface area contributed by atoms with Crippen molar-refractivity contribution >= 4 is 0 Å². The van der Waals surface area contributed by atoms with Crippen LogP contribution in [0.3, 0.4) is 0 Å². The highest BCUT2D eigenvalue weighted by atomic mass is 15.3. The summed E-state index contributed by atoms with van der Waals surface area (Å²) < 4.78 is 2.05. The average Bonchev–Trinajstić information content (AvgIpc) is 2.74. The van der Waals surface area contributed by atoms with E-state index in [-0.39, 0.29) is 0 Å². The van der Waals surface area contributed by atoms with Gasteiger partial charge in [-0.3, -0.25) is 4.68 Å². The van der Waals surface area contributed by atoms with Crippen LogP contribution in [-0.2, 0) is 13.1 Å². The van der Waals surface area contributed by atoms with Gasteiger partial charge in [0.25, 0.3) is 0 Å². The number of aromatic nitrogens is 2. The summed E-state index contributed by atoms with van der Waals surface area (Å²) in [5.74, 6) is 0. The summed E-state index contributed by atoms with van der Waals surface area (Å²) >= 11 is 0. The molecule has 1 aromatic carbocycles. The first-order valence-corrected chi connectivity index (χ1v) is 6.02. The van der Waals surface area contributed by atoms with Crippen molar-refractivity contribution in [3.05, 3.63) is 41.6 Å². The molecule has 0 spiro atoms. The molecule has 1 N–H and O–H groups in total. The molecule has 1 heterocycles. The molecule has 0 saturated carbocycles. The van der Waals surface area contributed by atoms with Gasteiger partial charge in [-0.1, -0.05) is 29.8 Å². The normalized spacial score (nSPS) is 10.8. The molecule has 2 aromatic rings. The van der Waals surface area contributed by atoms with Gasteiger partial charge < -0.3 is 5.32 Å². The Kier molecular flexibility index (Phi) is 3.59. The third-order valence-corrected chi connectivity index (χ3v) is 2.91. The summed E-state index contributed by atoms with van der Waals surface area (Å²) in [7, 11) is 1.96. The molecule has 17 heavy (non-hydrogen) atoms. The highest BCUT2D eigenvalue weighted by Crippen LogP contribution is 2.24. The van der Waals surface area contributed by atoms with Gasteiger partial charge in [-0.05, 0) is 20.9 Å². The lowest BCUT2D eigenvalue weighted by molar-refractivity contribution is 0.666. The van der Waals surface area contributed by atoms with Gasteiger partial charge in [0.1, 0.15) is 0 Å². The van der Waals surface area contributed by atoms with Crippen LogP contribution in [0, 0.1) is 6.92 Å². The Labute approximate surface area is 102 Å². The zero-order chi connectivity index (χ0) is 12.3. The van der Waals surface area contributed by atoms with Crippen molar-refractivity contribution in [1.82, 2.24) is 15.1 Å². The molecule has 0 atom stereocenters. The molecule has 0 bridgehead atoms. The van der Waals surface area contributed by atoms with Crippen LogP contribution >= 0.6 is 0 Å². The second kappa shape index (κ2) is 5.15. The fourth-order valence-corrected chi connectivity index (χ4v) is 2.03. The van der Waals surface area contributed by atoms with Crippen LogP contribution in [0.4, 0.5) is 0 Å².